The third-order valence-corrected chi connectivity index (χ3v) is 5.43. The van der Waals surface area contributed by atoms with Crippen LogP contribution in [0.5, 0.6) is 0 Å². The minimum Gasteiger partial charge on any atom is -0.478 e. The van der Waals surface area contributed by atoms with Crippen LogP contribution in [-0.4, -0.2) is 33.7 Å². The lowest BCUT2D eigenvalue weighted by Crippen LogP contribution is -2.37. The van der Waals surface area contributed by atoms with Gasteiger partial charge in [0, 0.05) is 17.2 Å². The van der Waals surface area contributed by atoms with Gasteiger partial charge in [-0.1, -0.05) is 11.8 Å². The van der Waals surface area contributed by atoms with E-state index in [0.717, 1.165) is 24.6 Å². The quantitative estimate of drug-likeness (QED) is 0.173. The maximum Gasteiger partial charge on any atom is 0.335 e. The Morgan fingerprint density at radius 1 is 1.07 bits per heavy atom. The Balaban J connectivity index is 1.56. The maximum atomic E-state index is 12.5. The second-order valence-electron chi connectivity index (χ2n) is 6.69. The molecule has 6 N–H and O–H groups in total. The Morgan fingerprint density at radius 2 is 1.67 bits per heavy atom. The number of hydrogen-bond acceptors (Lipinski definition) is 7. The Bertz CT molecular complexity index is 972. The molecule has 2 aromatic rings. The van der Waals surface area contributed by atoms with Crippen molar-refractivity contribution in [3.8, 4) is 0 Å². The van der Waals surface area contributed by atoms with Crippen molar-refractivity contribution in [3.63, 3.8) is 0 Å². The topological polar surface area (TPSA) is 151 Å². The van der Waals surface area contributed by atoms with E-state index in [0.29, 0.717) is 16.9 Å². The van der Waals surface area contributed by atoms with Crippen molar-refractivity contribution >= 4 is 46.0 Å². The summed E-state index contributed by atoms with van der Waals surface area (Å²) < 4.78 is 0. The smallest absolute Gasteiger partial charge is 0.335 e. The highest BCUT2D eigenvalue weighted by Crippen LogP contribution is 2.30. The number of thioether (sulfide) groups is 1. The molecule has 0 unspecified atom stereocenters. The maximum absolute atomic E-state index is 12.5. The van der Waals surface area contributed by atoms with Crippen LogP contribution in [0.4, 0.5) is 11.4 Å². The number of hydrazone groups is 1. The van der Waals surface area contributed by atoms with Crippen LogP contribution in [-0.2, 0) is 4.79 Å². The number of Topliss-reactive ketones (excluding diaryl/α,β-unsaturated/α-hetero) is 1. The molecule has 0 saturated heterocycles. The molecule has 0 aromatic heterocycles. The lowest BCUT2D eigenvalue weighted by atomic mass is 10.1. The van der Waals surface area contributed by atoms with Crippen molar-refractivity contribution < 1.29 is 19.5 Å². The fourth-order valence-corrected chi connectivity index (χ4v) is 3.33. The van der Waals surface area contributed by atoms with Crippen LogP contribution < -0.4 is 22.0 Å². The predicted molar refractivity (Wildman–Crippen MR) is 116 cm³/mol. The molecule has 3 rings (SSSR count). The Hall–Kier alpha value is -3.37. The number of rotatable bonds is 7. The van der Waals surface area contributed by atoms with Gasteiger partial charge in [-0.3, -0.25) is 14.6 Å². The van der Waals surface area contributed by atoms with Gasteiger partial charge in [0.2, 0.25) is 11.1 Å². The summed E-state index contributed by atoms with van der Waals surface area (Å²) in [5.41, 5.74) is 1.73. The largest absolute Gasteiger partial charge is 0.478 e. The number of carboxylic acids is 1. The molecule has 1 amide bonds. The van der Waals surface area contributed by atoms with Crippen LogP contribution in [0, 0.1) is 5.92 Å². The minimum atomic E-state index is -1.05. The Kier molecular flexibility index (Phi) is 6.70. The van der Waals surface area contributed by atoms with Gasteiger partial charge < -0.3 is 16.3 Å². The summed E-state index contributed by atoms with van der Waals surface area (Å²) in [6.07, 6.45) is 1.85. The zero-order valence-corrected chi connectivity index (χ0v) is 16.8. The third-order valence-electron chi connectivity index (χ3n) is 4.46. The number of amides is 1. The first-order valence-electron chi connectivity index (χ1n) is 9.12. The van der Waals surface area contributed by atoms with Gasteiger partial charge in [0.15, 0.2) is 5.78 Å². The second-order valence-corrected chi connectivity index (χ2v) is 7.63. The van der Waals surface area contributed by atoms with Gasteiger partial charge in [-0.25, -0.2) is 10.6 Å². The number of hydrogen-bond donors (Lipinski definition) is 4. The second kappa shape index (κ2) is 9.42. The van der Waals surface area contributed by atoms with Crippen molar-refractivity contribution in [1.82, 2.24) is 0 Å². The van der Waals surface area contributed by atoms with Crippen molar-refractivity contribution in [2.75, 3.05) is 16.1 Å². The molecule has 9 nitrogen and oxygen atoms in total. The third kappa shape index (κ3) is 5.37. The van der Waals surface area contributed by atoms with Gasteiger partial charge in [-0.15, -0.1) is 0 Å². The zero-order chi connectivity index (χ0) is 21.7. The summed E-state index contributed by atoms with van der Waals surface area (Å²) in [5.74, 6) is 10.4. The number of carboxylic acid groups (broad SMARTS) is 1. The van der Waals surface area contributed by atoms with E-state index in [1.807, 2.05) is 0 Å². The molecule has 0 radical (unpaired) electrons. The van der Waals surface area contributed by atoms with Crippen molar-refractivity contribution in [1.29, 1.82) is 0 Å². The van der Waals surface area contributed by atoms with E-state index in [1.54, 1.807) is 24.3 Å². The highest BCUT2D eigenvalue weighted by atomic mass is 32.2. The van der Waals surface area contributed by atoms with E-state index >= 15 is 0 Å². The molecule has 1 saturated carbocycles. The van der Waals surface area contributed by atoms with Gasteiger partial charge in [0.25, 0.3) is 0 Å². The van der Waals surface area contributed by atoms with E-state index in [9.17, 15) is 14.4 Å². The number of nitrogens with one attached hydrogen (secondary N) is 1. The number of carbonyl (C=O) groups excluding carboxylic acids is 2. The van der Waals surface area contributed by atoms with E-state index in [-0.39, 0.29) is 34.1 Å². The van der Waals surface area contributed by atoms with E-state index in [1.165, 1.54) is 29.3 Å². The number of carbonyl (C=O) groups is 3. The number of ketones is 1. The normalized spacial score (nSPS) is 13.6. The van der Waals surface area contributed by atoms with Crippen molar-refractivity contribution in [2.45, 2.75) is 12.8 Å². The van der Waals surface area contributed by atoms with Gasteiger partial charge in [-0.2, -0.15) is 5.10 Å². The molecule has 2 aromatic carbocycles. The standard InChI is InChI=1S/C20H21N5O4S/c21-24-20(25(22)16-9-5-14(6-10-16)19(28)29)30-11-17(26)12-3-7-15(8-4-12)23-18(27)13-1-2-13/h3-10,13H,1-2,11,21-22H2,(H,23,27)(H,28,29)/b24-20+. The number of anilines is 2. The van der Waals surface area contributed by atoms with Crippen molar-refractivity contribution in [2.24, 2.45) is 22.7 Å². The Morgan fingerprint density at radius 3 is 2.20 bits per heavy atom. The highest BCUT2D eigenvalue weighted by molar-refractivity contribution is 8.14. The summed E-state index contributed by atoms with van der Waals surface area (Å²) in [4.78, 5) is 35.2. The first-order chi connectivity index (χ1) is 14.4. The molecule has 1 fully saturated rings. The number of nitrogens with zero attached hydrogens (tertiary/aromatic N) is 2. The lowest BCUT2D eigenvalue weighted by molar-refractivity contribution is -0.117. The summed E-state index contributed by atoms with van der Waals surface area (Å²) in [6.45, 7) is 0. The fourth-order valence-electron chi connectivity index (χ4n) is 2.59. The number of nitrogens with two attached hydrogens (primary N) is 2. The molecule has 0 heterocycles. The summed E-state index contributed by atoms with van der Waals surface area (Å²) >= 11 is 1.06. The van der Waals surface area contributed by atoms with E-state index in [2.05, 4.69) is 10.4 Å². The zero-order valence-electron chi connectivity index (χ0n) is 15.9. The van der Waals surface area contributed by atoms with Crippen LogP contribution in [0.1, 0.15) is 33.6 Å². The first kappa shape index (κ1) is 21.3. The summed E-state index contributed by atoms with van der Waals surface area (Å²) in [6, 6.07) is 12.5. The molecule has 0 spiro atoms. The fraction of sp³-hybridized carbons (Fsp3) is 0.200. The van der Waals surface area contributed by atoms with Gasteiger partial charge in [0.05, 0.1) is 17.0 Å². The minimum absolute atomic E-state index is 0.00727. The summed E-state index contributed by atoms with van der Waals surface area (Å²) in [7, 11) is 0. The molecular weight excluding hydrogens is 406 g/mol. The van der Waals surface area contributed by atoms with Gasteiger partial charge in [0.1, 0.15) is 0 Å². The van der Waals surface area contributed by atoms with Crippen LogP contribution in [0.15, 0.2) is 53.6 Å². The average molecular weight is 427 g/mol. The summed E-state index contributed by atoms with van der Waals surface area (Å²) in [5, 5.41) is 16.8. The van der Waals surface area contributed by atoms with Gasteiger partial charge in [-0.05, 0) is 61.4 Å². The highest BCUT2D eigenvalue weighted by Gasteiger charge is 2.29. The molecule has 0 bridgehead atoms. The molecule has 10 heteroatoms. The van der Waals surface area contributed by atoms with E-state index < -0.39 is 5.97 Å². The average Bonchev–Trinajstić information content (AvgIpc) is 3.60. The van der Waals surface area contributed by atoms with Gasteiger partial charge >= 0.3 is 5.97 Å². The Labute approximate surface area is 177 Å². The molecule has 1 aliphatic rings. The lowest BCUT2D eigenvalue weighted by Gasteiger charge is -2.19. The number of amidine groups is 1. The number of aromatic carboxylic acids is 1. The van der Waals surface area contributed by atoms with Crippen LogP contribution in [0.3, 0.4) is 0 Å². The van der Waals surface area contributed by atoms with Crippen LogP contribution >= 0.6 is 11.8 Å². The monoisotopic (exact) mass is 427 g/mol. The SMILES string of the molecule is N/N=C(/SCC(=O)c1ccc(NC(=O)C2CC2)cc1)N(N)c1ccc(C(=O)O)cc1. The molecule has 30 heavy (non-hydrogen) atoms. The van der Waals surface area contributed by atoms with E-state index in [4.69, 9.17) is 16.8 Å². The predicted octanol–water partition coefficient (Wildman–Crippen LogP) is 2.26. The molecule has 156 valence electrons. The molecule has 0 aliphatic heterocycles. The van der Waals surface area contributed by atoms with Crippen LogP contribution in [0.2, 0.25) is 0 Å². The first-order valence-corrected chi connectivity index (χ1v) is 10.1. The molecule has 1 aliphatic carbocycles. The van der Waals surface area contributed by atoms with Crippen LogP contribution in [0.25, 0.3) is 0 Å². The number of benzene rings is 2. The molecule has 0 atom stereocenters. The van der Waals surface area contributed by atoms with Crippen molar-refractivity contribution in [3.05, 3.63) is 59.7 Å². The molecular formula is C20H21N5O4S. The number of hydrazine groups is 1.